The molecule has 0 aliphatic carbocycles. The first-order chi connectivity index (χ1) is 12.5. The van der Waals surface area contributed by atoms with Crippen LogP contribution in [-0.2, 0) is 25.8 Å². The summed E-state index contributed by atoms with van der Waals surface area (Å²) in [6.07, 6.45) is -4.59. The van der Waals surface area contributed by atoms with Crippen molar-refractivity contribution in [1.29, 1.82) is 0 Å². The van der Waals surface area contributed by atoms with Gasteiger partial charge in [-0.3, -0.25) is 9.59 Å². The summed E-state index contributed by atoms with van der Waals surface area (Å²) in [7, 11) is -3.05. The van der Waals surface area contributed by atoms with Gasteiger partial charge in [-0.1, -0.05) is 24.3 Å². The number of likely N-dealkylation sites (N-methyl/N-ethyl adjacent to an activating group) is 1. The molecular weight excluding hydrogens is 385 g/mol. The highest BCUT2D eigenvalue weighted by Crippen LogP contribution is 2.35. The Morgan fingerprint density at radius 1 is 1.11 bits per heavy atom. The molecule has 1 aliphatic heterocycles. The van der Waals surface area contributed by atoms with Crippen LogP contribution in [0.4, 0.5) is 18.9 Å². The average molecular weight is 398 g/mol. The summed E-state index contributed by atoms with van der Waals surface area (Å²) in [5.74, 6) is -3.41. The summed E-state index contributed by atoms with van der Waals surface area (Å²) in [6.45, 7) is 0. The molecule has 6 nitrogen and oxygen atoms in total. The molecule has 1 atom stereocenters. The number of hydrogen-bond acceptors (Lipinski definition) is 4. The number of hydrogen-bond donors (Lipinski definition) is 1. The second-order valence-electron chi connectivity index (χ2n) is 5.85. The lowest BCUT2D eigenvalue weighted by Gasteiger charge is -2.30. The van der Waals surface area contributed by atoms with E-state index in [1.165, 1.54) is 30.3 Å². The fourth-order valence-electron chi connectivity index (χ4n) is 2.78. The molecule has 3 rings (SSSR count). The van der Waals surface area contributed by atoms with Crippen LogP contribution in [0.5, 0.6) is 0 Å². The number of anilines is 1. The zero-order valence-electron chi connectivity index (χ0n) is 13.8. The Hall–Kier alpha value is -2.88. The average Bonchev–Trinajstić information content (AvgIpc) is 2.60. The van der Waals surface area contributed by atoms with Crippen molar-refractivity contribution < 1.29 is 31.2 Å². The Morgan fingerprint density at radius 2 is 1.78 bits per heavy atom. The number of halogens is 3. The van der Waals surface area contributed by atoms with Gasteiger partial charge in [0.15, 0.2) is 0 Å². The first-order valence-electron chi connectivity index (χ1n) is 7.63. The first-order valence-corrected chi connectivity index (χ1v) is 9.07. The Bertz CT molecular complexity index is 1030. The molecule has 0 spiro atoms. The number of benzene rings is 2. The molecule has 1 aliphatic rings. The van der Waals surface area contributed by atoms with Gasteiger partial charge in [-0.15, -0.1) is 0 Å². The summed E-state index contributed by atoms with van der Waals surface area (Å²) in [5.41, 5.74) is -1.14. The second-order valence-corrected chi connectivity index (χ2v) is 7.79. The molecule has 0 saturated heterocycles. The van der Waals surface area contributed by atoms with Gasteiger partial charge in [-0.05, 0) is 29.8 Å². The van der Waals surface area contributed by atoms with Gasteiger partial charge in [0.05, 0.1) is 10.5 Å². The van der Waals surface area contributed by atoms with Gasteiger partial charge in [-0.2, -0.15) is 13.2 Å². The molecule has 1 unspecified atom stereocenters. The van der Waals surface area contributed by atoms with E-state index in [4.69, 9.17) is 0 Å². The number of rotatable bonds is 2. The molecule has 142 valence electrons. The van der Waals surface area contributed by atoms with Crippen molar-refractivity contribution in [3.8, 4) is 0 Å². The van der Waals surface area contributed by atoms with Crippen LogP contribution < -0.4 is 5.32 Å². The standard InChI is InChI=1S/C17H13F3N2O4S/c1-22-16(24)14(12-7-2-3-8-13(12)27(22,25)26)15(23)21-11-6-4-5-10(9-11)17(18,19)20/h2-9,14H,1H3,(H,21,23). The van der Waals surface area contributed by atoms with E-state index in [2.05, 4.69) is 5.32 Å². The molecule has 2 amide bonds. The minimum Gasteiger partial charge on any atom is -0.325 e. The van der Waals surface area contributed by atoms with Crippen LogP contribution in [0.3, 0.4) is 0 Å². The monoisotopic (exact) mass is 398 g/mol. The molecule has 1 N–H and O–H groups in total. The molecule has 0 saturated carbocycles. The van der Waals surface area contributed by atoms with Gasteiger partial charge in [0, 0.05) is 12.7 Å². The maximum absolute atomic E-state index is 12.8. The minimum absolute atomic E-state index is 0.0231. The van der Waals surface area contributed by atoms with Crippen LogP contribution in [0.2, 0.25) is 0 Å². The van der Waals surface area contributed by atoms with E-state index >= 15 is 0 Å². The van der Waals surface area contributed by atoms with Crippen molar-refractivity contribution in [2.45, 2.75) is 17.0 Å². The molecule has 1 heterocycles. The molecule has 0 radical (unpaired) electrons. The van der Waals surface area contributed by atoms with Crippen molar-refractivity contribution in [2.75, 3.05) is 12.4 Å². The number of amides is 2. The quantitative estimate of drug-likeness (QED) is 0.789. The SMILES string of the molecule is CN1C(=O)C(C(=O)Nc2cccc(C(F)(F)F)c2)c2ccccc2S1(=O)=O. The topological polar surface area (TPSA) is 83.6 Å². The number of carbonyl (C=O) groups is 2. The molecule has 0 bridgehead atoms. The lowest BCUT2D eigenvalue weighted by molar-refractivity contribution is -0.138. The predicted octanol–water partition coefficient (Wildman–Crippen LogP) is 2.59. The van der Waals surface area contributed by atoms with Gasteiger partial charge in [0.25, 0.3) is 15.9 Å². The second kappa shape index (κ2) is 6.38. The zero-order valence-corrected chi connectivity index (χ0v) is 14.6. The summed E-state index contributed by atoms with van der Waals surface area (Å²) in [5, 5.41) is 2.26. The minimum atomic E-state index is -4.59. The lowest BCUT2D eigenvalue weighted by atomic mass is 9.96. The summed E-state index contributed by atoms with van der Waals surface area (Å²) >= 11 is 0. The Kier molecular flexibility index (Phi) is 4.46. The fraction of sp³-hybridized carbons (Fsp3) is 0.176. The number of nitrogens with one attached hydrogen (secondary N) is 1. The highest BCUT2D eigenvalue weighted by Gasteiger charge is 2.44. The van der Waals surface area contributed by atoms with Crippen molar-refractivity contribution in [1.82, 2.24) is 4.31 Å². The third-order valence-electron chi connectivity index (χ3n) is 4.15. The van der Waals surface area contributed by atoms with Crippen LogP contribution in [-0.4, -0.2) is 31.6 Å². The van der Waals surface area contributed by atoms with Crippen molar-refractivity contribution in [2.24, 2.45) is 0 Å². The normalized spacial score (nSPS) is 18.7. The summed E-state index contributed by atoms with van der Waals surface area (Å²) in [4.78, 5) is 24.9. The van der Waals surface area contributed by atoms with E-state index in [0.29, 0.717) is 4.31 Å². The molecule has 2 aromatic rings. The number of sulfonamides is 1. The Balaban J connectivity index is 1.99. The van der Waals surface area contributed by atoms with E-state index in [1.54, 1.807) is 0 Å². The lowest BCUT2D eigenvalue weighted by Crippen LogP contribution is -2.45. The molecule has 2 aromatic carbocycles. The van der Waals surface area contributed by atoms with E-state index in [9.17, 15) is 31.2 Å². The summed E-state index contributed by atoms with van der Waals surface area (Å²) < 4.78 is 63.6. The molecule has 0 fully saturated rings. The number of fused-ring (bicyclic) bond motifs is 1. The van der Waals surface area contributed by atoms with E-state index < -0.39 is 39.5 Å². The Labute approximate surface area is 152 Å². The summed E-state index contributed by atoms with van der Waals surface area (Å²) in [6, 6.07) is 9.44. The van der Waals surface area contributed by atoms with Crippen LogP contribution in [0.1, 0.15) is 17.0 Å². The molecule has 0 aromatic heterocycles. The van der Waals surface area contributed by atoms with Gasteiger partial charge in [0.1, 0.15) is 5.92 Å². The number of carbonyl (C=O) groups excluding carboxylic acids is 2. The van der Waals surface area contributed by atoms with Crippen molar-refractivity contribution in [3.63, 3.8) is 0 Å². The van der Waals surface area contributed by atoms with E-state index in [1.807, 2.05) is 0 Å². The number of nitrogens with zero attached hydrogens (tertiary/aromatic N) is 1. The van der Waals surface area contributed by atoms with Gasteiger partial charge < -0.3 is 5.32 Å². The third kappa shape index (κ3) is 3.27. The highest BCUT2D eigenvalue weighted by molar-refractivity contribution is 7.89. The van der Waals surface area contributed by atoms with E-state index in [0.717, 1.165) is 25.2 Å². The Morgan fingerprint density at radius 3 is 2.44 bits per heavy atom. The van der Waals surface area contributed by atoms with Gasteiger partial charge in [0.2, 0.25) is 5.91 Å². The number of alkyl halides is 3. The van der Waals surface area contributed by atoms with Crippen molar-refractivity contribution >= 4 is 27.5 Å². The van der Waals surface area contributed by atoms with Gasteiger partial charge >= 0.3 is 6.18 Å². The van der Waals surface area contributed by atoms with Crippen molar-refractivity contribution in [3.05, 3.63) is 59.7 Å². The van der Waals surface area contributed by atoms with E-state index in [-0.39, 0.29) is 16.1 Å². The smallest absolute Gasteiger partial charge is 0.325 e. The van der Waals surface area contributed by atoms with Crippen LogP contribution in [0, 0.1) is 0 Å². The zero-order chi connectivity index (χ0) is 20.0. The largest absolute Gasteiger partial charge is 0.416 e. The fourth-order valence-corrected chi connectivity index (χ4v) is 4.15. The highest BCUT2D eigenvalue weighted by atomic mass is 32.2. The molecule has 27 heavy (non-hydrogen) atoms. The van der Waals surface area contributed by atoms with Crippen LogP contribution in [0.15, 0.2) is 53.4 Å². The van der Waals surface area contributed by atoms with Crippen LogP contribution >= 0.6 is 0 Å². The predicted molar refractivity (Wildman–Crippen MR) is 89.2 cm³/mol. The first kappa shape index (κ1) is 18.9. The maximum Gasteiger partial charge on any atom is 0.416 e. The maximum atomic E-state index is 12.8. The van der Waals surface area contributed by atoms with Crippen LogP contribution in [0.25, 0.3) is 0 Å². The molecular formula is C17H13F3N2O4S. The van der Waals surface area contributed by atoms with Gasteiger partial charge in [-0.25, -0.2) is 12.7 Å². The molecule has 10 heteroatoms. The third-order valence-corrected chi connectivity index (χ3v) is 5.97.